The summed E-state index contributed by atoms with van der Waals surface area (Å²) in [6.45, 7) is -2.28. The molecule has 0 fully saturated rings. The van der Waals surface area contributed by atoms with Gasteiger partial charge in [-0.1, -0.05) is 28.8 Å². The van der Waals surface area contributed by atoms with E-state index in [1.165, 1.54) is 0 Å². The van der Waals surface area contributed by atoms with Gasteiger partial charge < -0.3 is 4.74 Å². The first-order chi connectivity index (χ1) is 22.7. The number of carbonyl (C=O) groups is 1. The zero-order valence-electron chi connectivity index (χ0n) is 23.9. The Bertz CT molecular complexity index is 1340. The van der Waals surface area contributed by atoms with E-state index in [0.717, 1.165) is 0 Å². The molecule has 5 nitrogen and oxygen atoms in total. The molecule has 0 aliphatic carbocycles. The van der Waals surface area contributed by atoms with Crippen molar-refractivity contribution in [2.45, 2.75) is 102 Å². The molecule has 0 unspecified atom stereocenters. The molecule has 1 N–H and O–H groups in total. The summed E-state index contributed by atoms with van der Waals surface area (Å²) in [7, 11) is -9.61. The van der Waals surface area contributed by atoms with Gasteiger partial charge in [-0.2, -0.15) is 123 Å². The number of esters is 1. The fourth-order valence-electron chi connectivity index (χ4n) is 3.68. The Hall–Kier alpha value is -1.96. The lowest BCUT2D eigenvalue weighted by Crippen LogP contribution is -2.84. The zero-order chi connectivity index (χ0) is 43.5. The maximum atomic E-state index is 15.3. The number of carbonyl (C=O) groups excluding carboxylic acids is 1. The van der Waals surface area contributed by atoms with Gasteiger partial charge in [0.15, 0.2) is 0 Å². The third-order valence-corrected chi connectivity index (χ3v) is 8.70. The van der Waals surface area contributed by atoms with E-state index in [4.69, 9.17) is 4.55 Å². The summed E-state index contributed by atoms with van der Waals surface area (Å²) < 4.78 is 385. The van der Waals surface area contributed by atoms with Crippen molar-refractivity contribution in [3.63, 3.8) is 0 Å². The van der Waals surface area contributed by atoms with Crippen LogP contribution in [0.15, 0.2) is 0 Å². The van der Waals surface area contributed by atoms with Gasteiger partial charge in [-0.05, 0) is 12.8 Å². The minimum Gasteiger partial charge on any atom is -0.464 e. The van der Waals surface area contributed by atoms with Gasteiger partial charge in [0.05, 0.1) is 6.61 Å². The third-order valence-electron chi connectivity index (χ3n) is 6.69. The number of hydrogen-bond donors (Lipinski definition) is 1. The summed E-state index contributed by atoms with van der Waals surface area (Å²) in [4.78, 5) is 12.3. The molecule has 0 saturated heterocycles. The van der Waals surface area contributed by atoms with E-state index >= 15 is 17.6 Å². The first-order valence-corrected chi connectivity index (χ1v) is 14.9. The Kier molecular flexibility index (Phi) is 13.7. The van der Waals surface area contributed by atoms with Crippen LogP contribution in [-0.2, 0) is 19.6 Å². The van der Waals surface area contributed by atoms with Crippen LogP contribution in [0.1, 0.15) is 25.7 Å². The van der Waals surface area contributed by atoms with Gasteiger partial charge in [0.25, 0.3) is 10.1 Å². The van der Waals surface area contributed by atoms with E-state index in [9.17, 15) is 110 Å². The average Bonchev–Trinajstić information content (AvgIpc) is 2.91. The molecule has 33 heteroatoms. The van der Waals surface area contributed by atoms with Gasteiger partial charge in [0, 0.05) is 5.33 Å². The van der Waals surface area contributed by atoms with Crippen LogP contribution >= 0.6 is 15.9 Å². The smallest absolute Gasteiger partial charge is 0.460 e. The van der Waals surface area contributed by atoms with E-state index in [1.54, 1.807) is 0 Å². The normalized spacial score (nSPS) is 16.2. The molecule has 0 bridgehead atoms. The van der Waals surface area contributed by atoms with E-state index in [2.05, 4.69) is 20.7 Å². The fraction of sp³-hybridized carbons (Fsp3) is 0.950. The SMILES string of the molecule is O=C(OCCCCCCBr)C(C(F)(F)C(F)(F)C(F)(F)C(F)(F)C(F)(F)C(F)(F)F)(C(F)(F)C(F)(F)C(F)(F)C(F)(F)C(F)(F)C(F)(F)F)S(=O)(=O)O. The zero-order valence-corrected chi connectivity index (χ0v) is 26.3. The molecular weight excluding hydrogens is 926 g/mol. The molecule has 0 aliphatic rings. The molecule has 0 atom stereocenters. The molecule has 0 amide bonds. The average molecular weight is 939 g/mol. The van der Waals surface area contributed by atoms with Crippen molar-refractivity contribution in [2.24, 2.45) is 0 Å². The van der Waals surface area contributed by atoms with Crippen LogP contribution in [0.2, 0.25) is 0 Å². The highest BCUT2D eigenvalue weighted by molar-refractivity contribution is 9.09. The fourth-order valence-corrected chi connectivity index (χ4v) is 5.25. The summed E-state index contributed by atoms with van der Waals surface area (Å²) in [6.07, 6.45) is -18.8. The van der Waals surface area contributed by atoms with E-state index in [1.807, 2.05) is 0 Å². The minimum atomic E-state index is -9.86. The molecular formula is C20H13BrF26O5S. The number of rotatable bonds is 18. The second kappa shape index (κ2) is 14.2. The number of hydrogen-bond acceptors (Lipinski definition) is 4. The van der Waals surface area contributed by atoms with E-state index in [-0.39, 0.29) is 18.2 Å². The van der Waals surface area contributed by atoms with Crippen LogP contribution in [-0.4, -0.2) is 107 Å². The molecule has 0 aromatic carbocycles. The largest absolute Gasteiger partial charge is 0.464 e. The lowest BCUT2D eigenvalue weighted by atomic mass is 9.78. The van der Waals surface area contributed by atoms with Crippen molar-refractivity contribution in [1.82, 2.24) is 0 Å². The topological polar surface area (TPSA) is 80.7 Å². The number of halogens is 27. The predicted octanol–water partition coefficient (Wildman–Crippen LogP) is 9.59. The van der Waals surface area contributed by atoms with Crippen molar-refractivity contribution in [3.05, 3.63) is 0 Å². The summed E-state index contributed by atoms with van der Waals surface area (Å²) >= 11 is 2.74. The lowest BCUT2D eigenvalue weighted by Gasteiger charge is -2.49. The molecule has 53 heavy (non-hydrogen) atoms. The second-order valence-corrected chi connectivity index (χ2v) is 12.5. The highest BCUT2D eigenvalue weighted by Crippen LogP contribution is 2.69. The van der Waals surface area contributed by atoms with Gasteiger partial charge in [0.1, 0.15) is 0 Å². The molecule has 0 aromatic rings. The number of ether oxygens (including phenoxy) is 1. The summed E-state index contributed by atoms with van der Waals surface area (Å²) in [5.74, 6) is -100. The van der Waals surface area contributed by atoms with E-state index in [0.29, 0.717) is 0 Å². The highest BCUT2D eigenvalue weighted by Gasteiger charge is 3.03. The first kappa shape index (κ1) is 51.0. The third kappa shape index (κ3) is 6.94. The van der Waals surface area contributed by atoms with Crippen molar-refractivity contribution >= 4 is 32.0 Å². The van der Waals surface area contributed by atoms with Gasteiger partial charge in [0.2, 0.25) is 0 Å². The Labute approximate surface area is 283 Å². The summed E-state index contributed by atoms with van der Waals surface area (Å²) in [5.41, 5.74) is 0. The Balaban J connectivity index is 8.66. The van der Waals surface area contributed by atoms with Crippen molar-refractivity contribution in [2.75, 3.05) is 11.9 Å². The standard InChI is InChI=1S/C20H13BrF26O5S/c21-5-3-1-2-4-6-52-7(48)8(53(49,50)51,9(22,23)11(26,27)13(30,31)15(34,35)17(38,39)19(42,43)44)10(24,25)12(28,29)14(32,33)16(36,37)18(40,41)20(45,46)47/h1-6H2,(H,49,50,51). The molecule has 0 aliphatic heterocycles. The van der Waals surface area contributed by atoms with Crippen molar-refractivity contribution in [1.29, 1.82) is 0 Å². The molecule has 0 saturated carbocycles. The highest BCUT2D eigenvalue weighted by atomic mass is 79.9. The van der Waals surface area contributed by atoms with Gasteiger partial charge in [-0.15, -0.1) is 0 Å². The number of alkyl halides is 27. The van der Waals surface area contributed by atoms with E-state index < -0.39 is 112 Å². The van der Waals surface area contributed by atoms with Crippen molar-refractivity contribution in [3.8, 4) is 0 Å². The van der Waals surface area contributed by atoms with Crippen molar-refractivity contribution < 1.29 is 137 Å². The van der Waals surface area contributed by atoms with Crippen LogP contribution in [0.4, 0.5) is 114 Å². The molecule has 0 spiro atoms. The molecule has 0 heterocycles. The molecule has 318 valence electrons. The quantitative estimate of drug-likeness (QED) is 0.0487. The first-order valence-electron chi connectivity index (χ1n) is 12.3. The van der Waals surface area contributed by atoms with Crippen LogP contribution in [0.5, 0.6) is 0 Å². The monoisotopic (exact) mass is 938 g/mol. The predicted molar refractivity (Wildman–Crippen MR) is 119 cm³/mol. The Morgan fingerprint density at radius 1 is 0.434 bits per heavy atom. The Morgan fingerprint density at radius 2 is 0.679 bits per heavy atom. The van der Waals surface area contributed by atoms with Crippen LogP contribution < -0.4 is 0 Å². The van der Waals surface area contributed by atoms with Crippen LogP contribution in [0.25, 0.3) is 0 Å². The maximum absolute atomic E-state index is 15.3. The van der Waals surface area contributed by atoms with Gasteiger partial charge in [-0.25, -0.2) is 4.79 Å². The van der Waals surface area contributed by atoms with Crippen LogP contribution in [0, 0.1) is 0 Å². The Morgan fingerprint density at radius 3 is 0.925 bits per heavy atom. The minimum absolute atomic E-state index is 0.0187. The summed E-state index contributed by atoms with van der Waals surface area (Å²) in [6, 6.07) is 0. The molecule has 0 radical (unpaired) electrons. The van der Waals surface area contributed by atoms with Crippen LogP contribution in [0.3, 0.4) is 0 Å². The maximum Gasteiger partial charge on any atom is 0.460 e. The van der Waals surface area contributed by atoms with Gasteiger partial charge in [-0.3, -0.25) is 4.55 Å². The van der Waals surface area contributed by atoms with Gasteiger partial charge >= 0.3 is 82.3 Å². The summed E-state index contributed by atoms with van der Waals surface area (Å²) in [5, 5.41) is 0.0275. The molecule has 0 aromatic heterocycles. The number of unbranched alkanes of at least 4 members (excludes halogenated alkanes) is 3. The second-order valence-electron chi connectivity index (χ2n) is 10.1. The lowest BCUT2D eigenvalue weighted by molar-refractivity contribution is -0.457. The molecule has 0 rings (SSSR count).